The fraction of sp³-hybridized carbons (Fsp3) is 0.909. The van der Waals surface area contributed by atoms with Gasteiger partial charge in [-0.25, -0.2) is 4.68 Å². The second kappa shape index (κ2) is 5.29. The molecule has 2 heterocycles. The lowest BCUT2D eigenvalue weighted by atomic mass is 10.3. The minimum Gasteiger partial charge on any atom is -0.374 e. The van der Waals surface area contributed by atoms with Gasteiger partial charge in [0.2, 0.25) is 0 Å². The van der Waals surface area contributed by atoms with Gasteiger partial charge >= 0.3 is 0 Å². The first-order valence-corrected chi connectivity index (χ1v) is 6.60. The molecule has 0 amide bonds. The van der Waals surface area contributed by atoms with Gasteiger partial charge in [-0.2, -0.15) is 0 Å². The predicted molar refractivity (Wildman–Crippen MR) is 65.0 cm³/mol. The van der Waals surface area contributed by atoms with Crippen molar-refractivity contribution in [2.24, 2.45) is 0 Å². The van der Waals surface area contributed by atoms with Gasteiger partial charge in [0.15, 0.2) is 5.82 Å². The molecule has 1 atom stereocenters. The number of hydrogen-bond donors (Lipinski definition) is 1. The minimum atomic E-state index is 0.272. The maximum Gasteiger partial charge on any atom is 0.165 e. The van der Waals surface area contributed by atoms with Crippen LogP contribution in [0.5, 0.6) is 0 Å². The molecule has 0 spiro atoms. The van der Waals surface area contributed by atoms with E-state index in [1.807, 2.05) is 4.68 Å². The lowest BCUT2D eigenvalue weighted by Crippen LogP contribution is -2.44. The largest absolute Gasteiger partial charge is 0.374 e. The Morgan fingerprint density at radius 2 is 2.39 bits per heavy atom. The normalized spacial score (nSPS) is 24.7. The van der Waals surface area contributed by atoms with Gasteiger partial charge in [-0.05, 0) is 30.3 Å². The van der Waals surface area contributed by atoms with Crippen LogP contribution in [0.3, 0.4) is 0 Å². The number of morpholine rings is 1. The van der Waals surface area contributed by atoms with E-state index in [9.17, 15) is 0 Å². The number of aromatic nitrogens is 4. The first-order valence-electron chi connectivity index (χ1n) is 6.60. The average Bonchev–Trinajstić information content (AvgIpc) is 3.12. The maximum absolute atomic E-state index is 5.70. The van der Waals surface area contributed by atoms with E-state index in [1.165, 1.54) is 12.8 Å². The molecular formula is C11H20N6O. The molecule has 0 radical (unpaired) electrons. The molecular weight excluding hydrogens is 232 g/mol. The summed E-state index contributed by atoms with van der Waals surface area (Å²) >= 11 is 0. The third-order valence-electron chi connectivity index (χ3n) is 3.38. The SMILES string of the molecule is CN(Cc1nnnn1C1CC1)CC1CNCCO1. The zero-order valence-corrected chi connectivity index (χ0v) is 10.7. The minimum absolute atomic E-state index is 0.272. The molecule has 0 bridgehead atoms. The van der Waals surface area contributed by atoms with Crippen molar-refractivity contribution in [2.45, 2.75) is 31.5 Å². The van der Waals surface area contributed by atoms with Gasteiger partial charge in [-0.1, -0.05) is 0 Å². The van der Waals surface area contributed by atoms with Crippen LogP contribution in [-0.2, 0) is 11.3 Å². The zero-order valence-electron chi connectivity index (χ0n) is 10.7. The Balaban J connectivity index is 1.53. The summed E-state index contributed by atoms with van der Waals surface area (Å²) < 4.78 is 7.66. The van der Waals surface area contributed by atoms with Crippen LogP contribution in [0.2, 0.25) is 0 Å². The van der Waals surface area contributed by atoms with Gasteiger partial charge in [0.05, 0.1) is 25.3 Å². The van der Waals surface area contributed by atoms with Crippen LogP contribution in [0.1, 0.15) is 24.7 Å². The molecule has 18 heavy (non-hydrogen) atoms. The highest BCUT2D eigenvalue weighted by molar-refractivity contribution is 4.90. The highest BCUT2D eigenvalue weighted by Crippen LogP contribution is 2.34. The summed E-state index contributed by atoms with van der Waals surface area (Å²) in [6.07, 6.45) is 2.68. The number of rotatable bonds is 5. The van der Waals surface area contributed by atoms with Gasteiger partial charge < -0.3 is 10.1 Å². The van der Waals surface area contributed by atoms with Crippen molar-refractivity contribution < 1.29 is 4.74 Å². The maximum atomic E-state index is 5.70. The predicted octanol–water partition coefficient (Wildman–Crippen LogP) is -0.572. The molecule has 7 nitrogen and oxygen atoms in total. The van der Waals surface area contributed by atoms with E-state index < -0.39 is 0 Å². The Morgan fingerprint density at radius 1 is 1.50 bits per heavy atom. The average molecular weight is 252 g/mol. The van der Waals surface area contributed by atoms with Crippen molar-refractivity contribution in [3.63, 3.8) is 0 Å². The molecule has 1 aliphatic carbocycles. The van der Waals surface area contributed by atoms with E-state index in [2.05, 4.69) is 32.8 Å². The number of ether oxygens (including phenoxy) is 1. The Hall–Kier alpha value is -1.05. The fourth-order valence-corrected chi connectivity index (χ4v) is 2.31. The van der Waals surface area contributed by atoms with Crippen LogP contribution >= 0.6 is 0 Å². The van der Waals surface area contributed by atoms with Crippen molar-refractivity contribution in [3.05, 3.63) is 5.82 Å². The van der Waals surface area contributed by atoms with E-state index in [4.69, 9.17) is 4.74 Å². The molecule has 2 aliphatic rings. The van der Waals surface area contributed by atoms with Crippen LogP contribution in [-0.4, -0.2) is 64.5 Å². The highest BCUT2D eigenvalue weighted by atomic mass is 16.5. The molecule has 0 aromatic carbocycles. The summed E-state index contributed by atoms with van der Waals surface area (Å²) in [5.74, 6) is 0.962. The van der Waals surface area contributed by atoms with Gasteiger partial charge in [-0.15, -0.1) is 5.10 Å². The molecule has 1 aliphatic heterocycles. The van der Waals surface area contributed by atoms with E-state index in [0.29, 0.717) is 6.04 Å². The van der Waals surface area contributed by atoms with E-state index in [1.54, 1.807) is 0 Å². The number of nitrogens with zero attached hydrogens (tertiary/aromatic N) is 5. The van der Waals surface area contributed by atoms with Crippen LogP contribution in [0.4, 0.5) is 0 Å². The van der Waals surface area contributed by atoms with E-state index in [-0.39, 0.29) is 6.10 Å². The van der Waals surface area contributed by atoms with Crippen molar-refractivity contribution in [3.8, 4) is 0 Å². The first-order chi connectivity index (χ1) is 8.83. The van der Waals surface area contributed by atoms with Crippen molar-refractivity contribution in [1.29, 1.82) is 0 Å². The quantitative estimate of drug-likeness (QED) is 0.757. The van der Waals surface area contributed by atoms with Crippen molar-refractivity contribution in [2.75, 3.05) is 33.3 Å². The second-order valence-electron chi connectivity index (χ2n) is 5.16. The standard InChI is InChI=1S/C11H20N6O/c1-16(7-10-6-12-4-5-18-10)8-11-13-14-15-17(11)9-2-3-9/h9-10,12H,2-8H2,1H3. The topological polar surface area (TPSA) is 68.1 Å². The van der Waals surface area contributed by atoms with Crippen LogP contribution in [0, 0.1) is 0 Å². The van der Waals surface area contributed by atoms with Gasteiger partial charge in [0.25, 0.3) is 0 Å². The van der Waals surface area contributed by atoms with Crippen molar-refractivity contribution in [1.82, 2.24) is 30.4 Å². The number of nitrogens with one attached hydrogen (secondary N) is 1. The third-order valence-corrected chi connectivity index (χ3v) is 3.38. The van der Waals surface area contributed by atoms with Gasteiger partial charge in [-0.3, -0.25) is 4.90 Å². The fourth-order valence-electron chi connectivity index (χ4n) is 2.31. The lowest BCUT2D eigenvalue weighted by molar-refractivity contribution is 0.00829. The molecule has 100 valence electrons. The molecule has 7 heteroatoms. The van der Waals surface area contributed by atoms with Crippen LogP contribution < -0.4 is 5.32 Å². The molecule has 1 saturated carbocycles. The summed E-state index contributed by atoms with van der Waals surface area (Å²) in [6.45, 7) is 4.38. The summed E-state index contributed by atoms with van der Waals surface area (Å²) in [5.41, 5.74) is 0. The molecule has 2 fully saturated rings. The molecule has 1 saturated heterocycles. The van der Waals surface area contributed by atoms with Crippen molar-refractivity contribution >= 4 is 0 Å². The Labute approximate surface area is 106 Å². The van der Waals surface area contributed by atoms with Gasteiger partial charge in [0, 0.05) is 19.6 Å². The highest BCUT2D eigenvalue weighted by Gasteiger charge is 2.28. The summed E-state index contributed by atoms with van der Waals surface area (Å²) in [7, 11) is 2.09. The molecule has 1 aromatic rings. The van der Waals surface area contributed by atoms with Gasteiger partial charge in [0.1, 0.15) is 0 Å². The Morgan fingerprint density at radius 3 is 3.11 bits per heavy atom. The summed E-state index contributed by atoms with van der Waals surface area (Å²) in [6, 6.07) is 0.538. The molecule has 1 N–H and O–H groups in total. The van der Waals surface area contributed by atoms with Crippen LogP contribution in [0.25, 0.3) is 0 Å². The summed E-state index contributed by atoms with van der Waals surface area (Å²) in [5, 5.41) is 15.3. The zero-order chi connectivity index (χ0) is 12.4. The summed E-state index contributed by atoms with van der Waals surface area (Å²) in [4.78, 5) is 2.22. The number of likely N-dealkylation sites (N-methyl/N-ethyl adjacent to an activating group) is 1. The second-order valence-corrected chi connectivity index (χ2v) is 5.16. The Kier molecular flexibility index (Phi) is 3.53. The third kappa shape index (κ3) is 2.85. The first kappa shape index (κ1) is 12.0. The monoisotopic (exact) mass is 252 g/mol. The lowest BCUT2D eigenvalue weighted by Gasteiger charge is -2.27. The molecule has 3 rings (SSSR count). The van der Waals surface area contributed by atoms with E-state index in [0.717, 1.165) is 38.6 Å². The number of hydrogen-bond acceptors (Lipinski definition) is 6. The smallest absolute Gasteiger partial charge is 0.165 e. The Bertz CT molecular complexity index is 385. The van der Waals surface area contributed by atoms with E-state index >= 15 is 0 Å². The molecule has 1 unspecified atom stereocenters. The van der Waals surface area contributed by atoms with Crippen LogP contribution in [0.15, 0.2) is 0 Å². The molecule has 1 aromatic heterocycles. The number of tetrazole rings is 1.